The Morgan fingerprint density at radius 1 is 0.633 bits per heavy atom. The zero-order valence-corrected chi connectivity index (χ0v) is 51.9. The van der Waals surface area contributed by atoms with Gasteiger partial charge in [-0.25, -0.2) is 14.5 Å². The zero-order valence-electron chi connectivity index (χ0n) is 50.3. The maximum atomic E-state index is 12.6. The normalized spacial score (nSPS) is 16.4. The number of hydrogen-bond acceptors (Lipinski definition) is 18. The van der Waals surface area contributed by atoms with Crippen molar-refractivity contribution in [2.75, 3.05) is 62.5 Å². The molecule has 1 N–H and O–H groups in total. The summed E-state index contributed by atoms with van der Waals surface area (Å²) < 4.78 is 21.4. The Labute approximate surface area is 537 Å². The van der Waals surface area contributed by atoms with Crippen LogP contribution in [0.1, 0.15) is 111 Å². The highest BCUT2D eigenvalue weighted by atomic mass is 32.1. The third-order valence-electron chi connectivity index (χ3n) is 15.5. The van der Waals surface area contributed by atoms with E-state index in [1.165, 1.54) is 28.2 Å². The van der Waals surface area contributed by atoms with Crippen LogP contribution in [0.15, 0.2) is 118 Å². The Hall–Kier alpha value is -8.80. The van der Waals surface area contributed by atoms with Crippen LogP contribution in [-0.4, -0.2) is 81.5 Å². The number of azo groups is 2. The molecule has 4 atom stereocenters. The van der Waals surface area contributed by atoms with E-state index in [9.17, 15) is 24.4 Å². The van der Waals surface area contributed by atoms with Gasteiger partial charge in [-0.2, -0.15) is 25.7 Å². The van der Waals surface area contributed by atoms with Crippen LogP contribution in [0, 0.1) is 82.4 Å². The van der Waals surface area contributed by atoms with Crippen LogP contribution < -0.4 is 9.80 Å². The summed E-state index contributed by atoms with van der Waals surface area (Å²) in [4.78, 5) is 62.0. The van der Waals surface area contributed by atoms with E-state index in [1.807, 2.05) is 80.6 Å². The molecular formula is C69H80N10O9S2. The van der Waals surface area contributed by atoms with Gasteiger partial charge < -0.3 is 33.9 Å². The fourth-order valence-electron chi connectivity index (χ4n) is 10.7. The van der Waals surface area contributed by atoms with Crippen molar-refractivity contribution in [3.05, 3.63) is 170 Å². The van der Waals surface area contributed by atoms with Crippen molar-refractivity contribution in [3.8, 4) is 6.07 Å². The molecule has 9 rings (SSSR count). The van der Waals surface area contributed by atoms with Gasteiger partial charge in [0.05, 0.1) is 86.8 Å². The monoisotopic (exact) mass is 1260 g/mol. The number of ketones is 1. The van der Waals surface area contributed by atoms with Gasteiger partial charge in [0, 0.05) is 43.5 Å². The molecule has 0 amide bonds. The van der Waals surface area contributed by atoms with E-state index in [2.05, 4.69) is 85.9 Å². The molecule has 1 saturated heterocycles. The first-order chi connectivity index (χ1) is 42.7. The van der Waals surface area contributed by atoms with Gasteiger partial charge in [0.15, 0.2) is 0 Å². The van der Waals surface area contributed by atoms with Crippen molar-refractivity contribution in [1.29, 1.82) is 5.26 Å². The van der Waals surface area contributed by atoms with Gasteiger partial charge in [-0.3, -0.25) is 19.2 Å². The lowest BCUT2D eigenvalue weighted by molar-refractivity contribution is -0.155. The van der Waals surface area contributed by atoms with Gasteiger partial charge in [0.2, 0.25) is 16.4 Å². The van der Waals surface area contributed by atoms with E-state index < -0.39 is 0 Å². The Morgan fingerprint density at radius 2 is 1.11 bits per heavy atom. The number of esters is 3. The molecule has 2 aliphatic carbocycles. The molecule has 90 heavy (non-hydrogen) atoms. The number of thiophene rings is 2. The van der Waals surface area contributed by atoms with Gasteiger partial charge in [-0.1, -0.05) is 108 Å². The smallest absolute Gasteiger partial charge is 0.317 e. The average molecular weight is 1260 g/mol. The number of Topliss-reactive ketones (excluding diaryl/α,β-unsaturated/α-hetero) is 1. The van der Waals surface area contributed by atoms with E-state index in [0.29, 0.717) is 99.6 Å². The van der Waals surface area contributed by atoms with Crippen LogP contribution in [0.2, 0.25) is 0 Å². The summed E-state index contributed by atoms with van der Waals surface area (Å²) in [6.45, 7) is 35.5. The number of benzene rings is 4. The highest BCUT2D eigenvalue weighted by Gasteiger charge is 2.45. The SMILES string of the molecule is C.C.O=C1OC(=O)C2CCCCC12.[C-]#[N+]c1c(N=Nc2ccc(N(CCOCCOC(=O)C3CCCCC3C(C)=O)Cc3ccccc3)cc2C)sc(C#N)c1C.[C-]#[N+]c1sc(N=Nc2ccc(N(CCOCCO)Cc3ccccc3)cc2C)c([N+]#[C-])c1C. The number of carbonyl (C=O) groups is 4. The fraction of sp³-hybridized carbons (Fsp3) is 0.420. The summed E-state index contributed by atoms with van der Waals surface area (Å²) in [6.07, 6.45) is 7.19. The van der Waals surface area contributed by atoms with Crippen molar-refractivity contribution in [1.82, 2.24) is 0 Å². The molecule has 19 nitrogen and oxygen atoms in total. The van der Waals surface area contributed by atoms with Crippen molar-refractivity contribution in [2.45, 2.75) is 114 Å². The number of fused-ring (bicyclic) bond motifs is 1. The molecule has 3 aliphatic rings. The number of carbonyl (C=O) groups excluding carboxylic acids is 4. The van der Waals surface area contributed by atoms with Crippen molar-refractivity contribution < 1.29 is 43.2 Å². The number of nitriles is 1. The van der Waals surface area contributed by atoms with E-state index in [-0.39, 0.29) is 82.0 Å². The Bertz CT molecular complexity index is 3590. The van der Waals surface area contributed by atoms with Gasteiger partial charge in [0.25, 0.3) is 0 Å². The Balaban J connectivity index is 0.000000280. The molecule has 6 aromatic rings. The van der Waals surface area contributed by atoms with Crippen molar-refractivity contribution in [3.63, 3.8) is 0 Å². The van der Waals surface area contributed by atoms with Crippen LogP contribution in [0.3, 0.4) is 0 Å². The third kappa shape index (κ3) is 19.9. The summed E-state index contributed by atoms with van der Waals surface area (Å²) in [5.41, 5.74) is 9.68. The highest BCUT2D eigenvalue weighted by molar-refractivity contribution is 7.20. The van der Waals surface area contributed by atoms with Gasteiger partial charge in [-0.15, -0.1) is 22.7 Å². The topological polar surface area (TPSA) is 218 Å². The number of aliphatic hydroxyl groups excluding tert-OH is 1. The maximum Gasteiger partial charge on any atom is 0.317 e. The van der Waals surface area contributed by atoms with Gasteiger partial charge >= 0.3 is 17.9 Å². The third-order valence-corrected chi connectivity index (χ3v) is 17.6. The van der Waals surface area contributed by atoms with Crippen LogP contribution in [0.5, 0.6) is 0 Å². The summed E-state index contributed by atoms with van der Waals surface area (Å²) in [6, 6.07) is 34.4. The number of anilines is 2. The van der Waals surface area contributed by atoms with Crippen molar-refractivity contribution >= 4 is 95.5 Å². The first kappa shape index (κ1) is 71.9. The lowest BCUT2D eigenvalue weighted by atomic mass is 9.77. The number of aliphatic hydroxyl groups is 1. The number of cyclic esters (lactones) is 2. The molecular weight excluding hydrogens is 1180 g/mol. The van der Waals surface area contributed by atoms with Crippen LogP contribution in [-0.2, 0) is 51.2 Å². The van der Waals surface area contributed by atoms with Crippen LogP contribution in [0.25, 0.3) is 14.5 Å². The molecule has 472 valence electrons. The molecule has 21 heteroatoms. The molecule has 0 bridgehead atoms. The molecule has 0 radical (unpaired) electrons. The van der Waals surface area contributed by atoms with Crippen molar-refractivity contribution in [2.24, 2.45) is 44.1 Å². The second kappa shape index (κ2) is 36.6. The second-order valence-electron chi connectivity index (χ2n) is 21.5. The standard InChI is InChI=1S/C34H37N5O4S.C25H25N5O2S.C8H10O3.2CH4/c1-23-20-27(14-15-30(23)37-38-33-32(36-4)24(2)31(21-35)44-33)39(22-26-10-6-5-7-11-26)16-17-42-18-19-43-34(41)29-13-9-8-12-28(29)25(3)40;1-18-16-21(30(12-14-32-15-13-31)17-20-8-6-5-7-9-20)10-11-22(18)28-29-25-23(26-3)19(2)24(27-4)33-25;9-7-5-3-1-2-4-6(5)8(10)11-7;;/h5-7,10-11,14-15,20,28-29H,8-9,12-13,16-19,22H2,1-3H3;5-11,16,31H,12-15,17H2,1-2H3;5-6H,1-4H2;2*1H4. The summed E-state index contributed by atoms with van der Waals surface area (Å²) in [5, 5.41) is 37.0. The molecule has 1 aliphatic heterocycles. The number of ether oxygens (including phenoxy) is 4. The second-order valence-corrected chi connectivity index (χ2v) is 23.4. The summed E-state index contributed by atoms with van der Waals surface area (Å²) in [5.74, 6) is -1.59. The zero-order chi connectivity index (χ0) is 63.0. The number of nitrogens with zero attached hydrogens (tertiary/aromatic N) is 10. The largest absolute Gasteiger partial charge is 0.463 e. The minimum Gasteiger partial charge on any atom is -0.463 e. The summed E-state index contributed by atoms with van der Waals surface area (Å²) >= 11 is 2.36. The summed E-state index contributed by atoms with van der Waals surface area (Å²) in [7, 11) is 0. The minimum atomic E-state index is -0.340. The quantitative estimate of drug-likeness (QED) is 0.0208. The molecule has 3 heterocycles. The first-order valence-electron chi connectivity index (χ1n) is 29.3. The fourth-order valence-corrected chi connectivity index (χ4v) is 12.4. The van der Waals surface area contributed by atoms with E-state index in [4.69, 9.17) is 39.0 Å². The number of rotatable bonds is 23. The van der Waals surface area contributed by atoms with Crippen LogP contribution >= 0.6 is 22.7 Å². The first-order valence-corrected chi connectivity index (χ1v) is 30.9. The molecule has 2 saturated carbocycles. The minimum absolute atomic E-state index is 0. The lowest BCUT2D eigenvalue weighted by Crippen LogP contribution is -2.33. The van der Waals surface area contributed by atoms with E-state index >= 15 is 0 Å². The average Bonchev–Trinajstić information content (AvgIpc) is 1.89. The predicted molar refractivity (Wildman–Crippen MR) is 353 cm³/mol. The Morgan fingerprint density at radius 3 is 1.58 bits per heavy atom. The predicted octanol–water partition coefficient (Wildman–Crippen LogP) is 17.2. The Kier molecular flexibility index (Phi) is 29.3. The lowest BCUT2D eigenvalue weighted by Gasteiger charge is -2.28. The number of hydrogen-bond donors (Lipinski definition) is 1. The van der Waals surface area contributed by atoms with Gasteiger partial charge in [0.1, 0.15) is 28.5 Å². The molecule has 4 unspecified atom stereocenters. The molecule has 2 aromatic heterocycles. The molecule has 4 aromatic carbocycles. The van der Waals surface area contributed by atoms with Crippen LogP contribution in [0.4, 0.5) is 49.1 Å². The molecule has 0 spiro atoms. The number of aryl methyl sites for hydroxylation is 2. The maximum absolute atomic E-state index is 12.6. The molecule has 3 fully saturated rings. The van der Waals surface area contributed by atoms with E-state index in [1.54, 1.807) is 20.8 Å². The highest BCUT2D eigenvalue weighted by Crippen LogP contribution is 2.48. The van der Waals surface area contributed by atoms with E-state index in [0.717, 1.165) is 79.6 Å². The van der Waals surface area contributed by atoms with Gasteiger partial charge in [-0.05, 0) is 123 Å².